The van der Waals surface area contributed by atoms with Crippen LogP contribution in [0.25, 0.3) is 0 Å². The lowest BCUT2D eigenvalue weighted by Crippen LogP contribution is -2.23. The summed E-state index contributed by atoms with van der Waals surface area (Å²) in [4.78, 5) is 22.2. The Kier molecular flexibility index (Phi) is 6.89. The van der Waals surface area contributed by atoms with Gasteiger partial charge < -0.3 is 9.84 Å². The van der Waals surface area contributed by atoms with E-state index in [1.54, 1.807) is 0 Å². The van der Waals surface area contributed by atoms with Gasteiger partial charge in [0.05, 0.1) is 23.6 Å². The maximum atomic E-state index is 11.2. The predicted molar refractivity (Wildman–Crippen MR) is 75.7 cm³/mol. The smallest absolute Gasteiger partial charge is 0.309 e. The molecule has 0 aromatic heterocycles. The molecule has 5 heteroatoms. The van der Waals surface area contributed by atoms with Crippen LogP contribution in [-0.2, 0) is 20.9 Å². The molecule has 0 aliphatic carbocycles. The maximum absolute atomic E-state index is 11.2. The number of carbonyl (C=O) groups excluding carboxylic acids is 1. The number of hydrogen-bond acceptors (Lipinski definition) is 3. The Hall–Kier alpha value is -0.950. The molecule has 0 heterocycles. The van der Waals surface area contributed by atoms with Crippen molar-refractivity contribution in [3.05, 3.63) is 35.9 Å². The zero-order valence-corrected chi connectivity index (χ0v) is 12.0. The van der Waals surface area contributed by atoms with Gasteiger partial charge in [0.15, 0.2) is 0 Å². The number of aliphatic carboxylic acids is 1. The molecule has 1 atom stereocenters. The first-order valence-corrected chi connectivity index (χ1v) is 7.08. The Morgan fingerprint density at radius 3 is 2.50 bits per heavy atom. The Bertz CT molecular complexity index is 391. The van der Waals surface area contributed by atoms with Crippen LogP contribution in [-0.4, -0.2) is 27.9 Å². The quantitative estimate of drug-likeness (QED) is 0.570. The molecule has 1 rings (SSSR count). The van der Waals surface area contributed by atoms with Crippen molar-refractivity contribution in [2.45, 2.75) is 13.0 Å². The van der Waals surface area contributed by atoms with E-state index in [1.165, 1.54) is 0 Å². The molecule has 1 aromatic rings. The first-order chi connectivity index (χ1) is 8.63. The van der Waals surface area contributed by atoms with Gasteiger partial charge in [0.1, 0.15) is 5.78 Å². The van der Waals surface area contributed by atoms with Crippen LogP contribution >= 0.6 is 22.6 Å². The van der Waals surface area contributed by atoms with Gasteiger partial charge in [-0.3, -0.25) is 9.59 Å². The minimum Gasteiger partial charge on any atom is -0.481 e. The average molecular weight is 362 g/mol. The number of hydrogen-bond donors (Lipinski definition) is 1. The van der Waals surface area contributed by atoms with Gasteiger partial charge >= 0.3 is 5.97 Å². The molecule has 98 valence electrons. The second-order valence-electron chi connectivity index (χ2n) is 3.91. The minimum absolute atomic E-state index is 0.0348. The number of alkyl halides is 1. The van der Waals surface area contributed by atoms with E-state index in [9.17, 15) is 9.59 Å². The standard InChI is InChI=1S/C13H15IO4/c14-7-12(15)6-11(13(16)17)9-18-8-10-4-2-1-3-5-10/h1-5,11H,6-9H2,(H,16,17). The average Bonchev–Trinajstić information content (AvgIpc) is 2.38. The van der Waals surface area contributed by atoms with Crippen molar-refractivity contribution in [2.24, 2.45) is 5.92 Å². The number of ether oxygens (including phenoxy) is 1. The van der Waals surface area contributed by atoms with Crippen LogP contribution in [0.15, 0.2) is 30.3 Å². The molecule has 1 unspecified atom stereocenters. The number of carboxylic acid groups (broad SMARTS) is 1. The van der Waals surface area contributed by atoms with Crippen LogP contribution in [0.3, 0.4) is 0 Å². The molecule has 1 N–H and O–H groups in total. The van der Waals surface area contributed by atoms with Crippen molar-refractivity contribution in [2.75, 3.05) is 11.0 Å². The lowest BCUT2D eigenvalue weighted by atomic mass is 10.0. The Morgan fingerprint density at radius 2 is 1.94 bits per heavy atom. The summed E-state index contributed by atoms with van der Waals surface area (Å²) < 4.78 is 5.69. The highest BCUT2D eigenvalue weighted by atomic mass is 127. The Balaban J connectivity index is 2.38. The van der Waals surface area contributed by atoms with Gasteiger partial charge in [0.2, 0.25) is 0 Å². The topological polar surface area (TPSA) is 63.6 Å². The van der Waals surface area contributed by atoms with E-state index in [1.807, 2.05) is 52.9 Å². The predicted octanol–water partition coefficient (Wildman–Crippen LogP) is 2.30. The fourth-order valence-electron chi connectivity index (χ4n) is 1.44. The highest BCUT2D eigenvalue weighted by molar-refractivity contribution is 14.1. The molecule has 0 saturated carbocycles. The number of benzene rings is 1. The molecule has 1 aromatic carbocycles. The van der Waals surface area contributed by atoms with E-state index >= 15 is 0 Å². The second kappa shape index (κ2) is 8.20. The van der Waals surface area contributed by atoms with E-state index in [2.05, 4.69) is 0 Å². The summed E-state index contributed by atoms with van der Waals surface area (Å²) in [6, 6.07) is 9.51. The number of ketones is 1. The van der Waals surface area contributed by atoms with Crippen molar-refractivity contribution in [3.8, 4) is 0 Å². The first-order valence-electron chi connectivity index (χ1n) is 5.55. The zero-order valence-electron chi connectivity index (χ0n) is 9.84. The summed E-state index contributed by atoms with van der Waals surface area (Å²) in [5, 5.41) is 8.98. The molecule has 0 fully saturated rings. The molecule has 4 nitrogen and oxygen atoms in total. The highest BCUT2D eigenvalue weighted by Crippen LogP contribution is 2.09. The molecular weight excluding hydrogens is 347 g/mol. The summed E-state index contributed by atoms with van der Waals surface area (Å²) in [7, 11) is 0. The van der Waals surface area contributed by atoms with Gasteiger partial charge in [-0.1, -0.05) is 52.9 Å². The largest absolute Gasteiger partial charge is 0.481 e. The number of rotatable bonds is 8. The Morgan fingerprint density at radius 1 is 1.28 bits per heavy atom. The van der Waals surface area contributed by atoms with E-state index in [4.69, 9.17) is 9.84 Å². The van der Waals surface area contributed by atoms with Crippen LogP contribution in [0.4, 0.5) is 0 Å². The van der Waals surface area contributed by atoms with Gasteiger partial charge in [0.25, 0.3) is 0 Å². The number of Topliss-reactive ketones (excluding diaryl/α,β-unsaturated/α-hetero) is 1. The van der Waals surface area contributed by atoms with Gasteiger partial charge in [-0.2, -0.15) is 0 Å². The third-order valence-corrected chi connectivity index (χ3v) is 3.25. The molecule has 0 aliphatic heterocycles. The molecule has 0 aliphatic rings. The normalized spacial score (nSPS) is 12.1. The number of halogens is 1. The molecule has 0 amide bonds. The van der Waals surface area contributed by atoms with Crippen molar-refractivity contribution in [1.82, 2.24) is 0 Å². The van der Waals surface area contributed by atoms with E-state index in [0.717, 1.165) is 5.56 Å². The van der Waals surface area contributed by atoms with Crippen LogP contribution in [0, 0.1) is 5.92 Å². The third-order valence-electron chi connectivity index (χ3n) is 2.40. The minimum atomic E-state index is -0.985. The first kappa shape index (κ1) is 15.1. The monoisotopic (exact) mass is 362 g/mol. The van der Waals surface area contributed by atoms with E-state index in [-0.39, 0.29) is 18.8 Å². The van der Waals surface area contributed by atoms with Crippen molar-refractivity contribution in [1.29, 1.82) is 0 Å². The Labute approximate surface area is 119 Å². The second-order valence-corrected chi connectivity index (χ2v) is 4.68. The summed E-state index contributed by atoms with van der Waals surface area (Å²) >= 11 is 1.93. The summed E-state index contributed by atoms with van der Waals surface area (Å²) in [6.07, 6.45) is 0.0348. The maximum Gasteiger partial charge on any atom is 0.309 e. The lowest BCUT2D eigenvalue weighted by Gasteiger charge is -2.11. The van der Waals surface area contributed by atoms with Crippen molar-refractivity contribution < 1.29 is 19.4 Å². The number of carbonyl (C=O) groups is 2. The third kappa shape index (κ3) is 5.59. The van der Waals surface area contributed by atoms with Gasteiger partial charge in [-0.25, -0.2) is 0 Å². The molecule has 0 bridgehead atoms. The fourth-order valence-corrected chi connectivity index (χ4v) is 1.75. The molecular formula is C13H15IO4. The van der Waals surface area contributed by atoms with Gasteiger partial charge in [0, 0.05) is 6.42 Å². The zero-order chi connectivity index (χ0) is 13.4. The van der Waals surface area contributed by atoms with Crippen molar-refractivity contribution in [3.63, 3.8) is 0 Å². The van der Waals surface area contributed by atoms with E-state index in [0.29, 0.717) is 11.0 Å². The van der Waals surface area contributed by atoms with Gasteiger partial charge in [-0.15, -0.1) is 0 Å². The number of carboxylic acids is 1. The summed E-state index contributed by atoms with van der Waals surface area (Å²) in [5.41, 5.74) is 0.988. The van der Waals surface area contributed by atoms with Crippen LogP contribution in [0.1, 0.15) is 12.0 Å². The summed E-state index contributed by atoms with van der Waals surface area (Å²) in [5.74, 6) is -1.80. The molecule has 0 spiro atoms. The molecule has 0 saturated heterocycles. The highest BCUT2D eigenvalue weighted by Gasteiger charge is 2.20. The summed E-state index contributed by atoms with van der Waals surface area (Å²) in [6.45, 7) is 0.426. The van der Waals surface area contributed by atoms with Gasteiger partial charge in [-0.05, 0) is 5.56 Å². The van der Waals surface area contributed by atoms with Crippen molar-refractivity contribution >= 4 is 34.3 Å². The van der Waals surface area contributed by atoms with Crippen LogP contribution in [0.5, 0.6) is 0 Å². The lowest BCUT2D eigenvalue weighted by molar-refractivity contribution is -0.146. The van der Waals surface area contributed by atoms with Crippen LogP contribution < -0.4 is 0 Å². The molecule has 18 heavy (non-hydrogen) atoms. The van der Waals surface area contributed by atoms with Crippen LogP contribution in [0.2, 0.25) is 0 Å². The SMILES string of the molecule is O=C(CI)CC(COCc1ccccc1)C(=O)O. The molecule has 0 radical (unpaired) electrons. The fraction of sp³-hybridized carbons (Fsp3) is 0.385. The van der Waals surface area contributed by atoms with E-state index < -0.39 is 11.9 Å².